The average Bonchev–Trinajstić information content (AvgIpc) is 2.90. The van der Waals surface area contributed by atoms with E-state index in [0.717, 1.165) is 19.5 Å². The van der Waals surface area contributed by atoms with Crippen molar-refractivity contribution in [3.05, 3.63) is 0 Å². The number of nitrogens with zero attached hydrogens (tertiary/aromatic N) is 1. The third kappa shape index (κ3) is 1.78. The largest absolute Gasteiger partial charge is 0.339 e. The Morgan fingerprint density at radius 3 is 2.57 bits per heavy atom. The summed E-state index contributed by atoms with van der Waals surface area (Å²) in [6, 6.07) is 0.651. The molecule has 2 aliphatic rings. The molecule has 0 bridgehead atoms. The summed E-state index contributed by atoms with van der Waals surface area (Å²) in [5.41, 5.74) is 0. The number of amides is 1. The number of carbonyl (C=O) groups is 1. The van der Waals surface area contributed by atoms with Crippen LogP contribution in [0.4, 0.5) is 0 Å². The van der Waals surface area contributed by atoms with Crippen molar-refractivity contribution in [2.75, 3.05) is 13.1 Å². The minimum absolute atomic E-state index is 0.0931. The van der Waals surface area contributed by atoms with Crippen LogP contribution < -0.4 is 5.32 Å². The molecule has 1 aliphatic heterocycles. The lowest BCUT2D eigenvalue weighted by Crippen LogP contribution is -2.46. The molecule has 0 aromatic rings. The Bertz CT molecular complexity index is 221. The number of carbonyl (C=O) groups excluding carboxylic acids is 1. The van der Waals surface area contributed by atoms with Crippen LogP contribution in [-0.4, -0.2) is 36.0 Å². The van der Waals surface area contributed by atoms with Gasteiger partial charge in [-0.2, -0.15) is 0 Å². The van der Waals surface area contributed by atoms with Gasteiger partial charge in [0.2, 0.25) is 5.91 Å². The van der Waals surface area contributed by atoms with E-state index in [1.165, 1.54) is 12.8 Å². The quantitative estimate of drug-likeness (QED) is 0.730. The fourth-order valence-corrected chi connectivity index (χ4v) is 2.32. The highest BCUT2D eigenvalue weighted by molar-refractivity contribution is 5.83. The molecule has 1 saturated carbocycles. The van der Waals surface area contributed by atoms with Crippen LogP contribution in [0.15, 0.2) is 0 Å². The van der Waals surface area contributed by atoms with Crippen LogP contribution in [0.25, 0.3) is 0 Å². The molecule has 14 heavy (non-hydrogen) atoms. The molecular formula is C11H20N2O. The van der Waals surface area contributed by atoms with E-state index < -0.39 is 0 Å². The first-order valence-electron chi connectivity index (χ1n) is 5.78. The van der Waals surface area contributed by atoms with Crippen LogP contribution in [0.5, 0.6) is 0 Å². The summed E-state index contributed by atoms with van der Waals surface area (Å²) in [5.74, 6) is 0.843. The van der Waals surface area contributed by atoms with Gasteiger partial charge in [0, 0.05) is 12.6 Å². The summed E-state index contributed by atoms with van der Waals surface area (Å²) in [5, 5.41) is 3.31. The third-order valence-corrected chi connectivity index (χ3v) is 3.41. The Morgan fingerprint density at radius 2 is 2.14 bits per heavy atom. The lowest BCUT2D eigenvalue weighted by molar-refractivity contribution is -0.134. The van der Waals surface area contributed by atoms with E-state index in [1.54, 1.807) is 0 Å². The van der Waals surface area contributed by atoms with Gasteiger partial charge in [0.15, 0.2) is 0 Å². The van der Waals surface area contributed by atoms with Crippen molar-refractivity contribution in [2.24, 2.45) is 5.92 Å². The molecule has 0 aromatic carbocycles. The van der Waals surface area contributed by atoms with Crippen LogP contribution in [-0.2, 0) is 4.79 Å². The van der Waals surface area contributed by atoms with E-state index in [4.69, 9.17) is 0 Å². The van der Waals surface area contributed by atoms with Crippen LogP contribution >= 0.6 is 0 Å². The lowest BCUT2D eigenvalue weighted by Gasteiger charge is -2.26. The Labute approximate surface area is 85.8 Å². The van der Waals surface area contributed by atoms with Crippen molar-refractivity contribution in [2.45, 2.75) is 45.2 Å². The number of nitrogens with one attached hydrogen (secondary N) is 1. The zero-order chi connectivity index (χ0) is 10.1. The Kier molecular flexibility index (Phi) is 2.77. The molecule has 3 nitrogen and oxygen atoms in total. The summed E-state index contributed by atoms with van der Waals surface area (Å²) in [6.07, 6.45) is 3.56. The van der Waals surface area contributed by atoms with E-state index in [0.29, 0.717) is 17.9 Å². The first-order valence-corrected chi connectivity index (χ1v) is 5.78. The Morgan fingerprint density at radius 1 is 1.43 bits per heavy atom. The van der Waals surface area contributed by atoms with E-state index in [2.05, 4.69) is 24.1 Å². The van der Waals surface area contributed by atoms with E-state index >= 15 is 0 Å². The van der Waals surface area contributed by atoms with Gasteiger partial charge >= 0.3 is 0 Å². The van der Waals surface area contributed by atoms with Crippen molar-refractivity contribution >= 4 is 5.91 Å². The molecule has 1 N–H and O–H groups in total. The highest BCUT2D eigenvalue weighted by Crippen LogP contribution is 2.28. The van der Waals surface area contributed by atoms with Crippen LogP contribution in [0.2, 0.25) is 0 Å². The zero-order valence-electron chi connectivity index (χ0n) is 9.12. The number of likely N-dealkylation sites (N-methyl/N-ethyl adjacent to an activating group) is 1. The summed E-state index contributed by atoms with van der Waals surface area (Å²) < 4.78 is 0. The summed E-state index contributed by atoms with van der Waals surface area (Å²) in [7, 11) is 0. The molecule has 2 fully saturated rings. The Hall–Kier alpha value is -0.570. The molecule has 1 amide bonds. The monoisotopic (exact) mass is 196 g/mol. The van der Waals surface area contributed by atoms with Gasteiger partial charge in [-0.3, -0.25) is 4.79 Å². The second-order valence-corrected chi connectivity index (χ2v) is 4.55. The van der Waals surface area contributed by atoms with Gasteiger partial charge in [-0.1, -0.05) is 6.92 Å². The van der Waals surface area contributed by atoms with Gasteiger partial charge in [0.05, 0.1) is 6.04 Å². The van der Waals surface area contributed by atoms with E-state index in [-0.39, 0.29) is 6.04 Å². The van der Waals surface area contributed by atoms with Crippen LogP contribution in [0, 0.1) is 5.92 Å². The molecule has 1 aliphatic carbocycles. The molecule has 80 valence electrons. The van der Waals surface area contributed by atoms with Gasteiger partial charge < -0.3 is 10.2 Å². The lowest BCUT2D eigenvalue weighted by atomic mass is 10.0. The van der Waals surface area contributed by atoms with Crippen LogP contribution in [0.3, 0.4) is 0 Å². The molecule has 1 saturated heterocycles. The van der Waals surface area contributed by atoms with Crippen molar-refractivity contribution in [1.82, 2.24) is 10.2 Å². The molecule has 2 unspecified atom stereocenters. The molecule has 0 radical (unpaired) electrons. The van der Waals surface area contributed by atoms with Crippen molar-refractivity contribution in [3.8, 4) is 0 Å². The maximum Gasteiger partial charge on any atom is 0.240 e. The first kappa shape index (κ1) is 9.97. The second kappa shape index (κ2) is 3.89. The number of hydrogen-bond acceptors (Lipinski definition) is 2. The predicted octanol–water partition coefficient (Wildman–Crippen LogP) is 0.995. The SMILES string of the molecule is CCN(C(=O)C1NCCC1C)C1CC1. The smallest absolute Gasteiger partial charge is 0.240 e. The summed E-state index contributed by atoms with van der Waals surface area (Å²) in [6.45, 7) is 6.12. The molecule has 1 heterocycles. The topological polar surface area (TPSA) is 32.3 Å². The normalized spacial score (nSPS) is 31.9. The molecule has 3 heteroatoms. The van der Waals surface area contributed by atoms with Crippen LogP contribution in [0.1, 0.15) is 33.1 Å². The molecule has 0 spiro atoms. The van der Waals surface area contributed by atoms with E-state index in [1.807, 2.05) is 0 Å². The first-order chi connectivity index (χ1) is 6.74. The predicted molar refractivity (Wildman–Crippen MR) is 56.0 cm³/mol. The van der Waals surface area contributed by atoms with Gasteiger partial charge in [0.25, 0.3) is 0 Å². The summed E-state index contributed by atoms with van der Waals surface area (Å²) in [4.78, 5) is 14.2. The minimum atomic E-state index is 0.0931. The fraction of sp³-hybridized carbons (Fsp3) is 0.909. The standard InChI is InChI=1S/C11H20N2O/c1-3-13(9-4-5-9)11(14)10-8(2)6-7-12-10/h8-10,12H,3-7H2,1-2H3. The highest BCUT2D eigenvalue weighted by atomic mass is 16.2. The molecule has 0 aromatic heterocycles. The van der Waals surface area contributed by atoms with Gasteiger partial charge in [-0.15, -0.1) is 0 Å². The zero-order valence-corrected chi connectivity index (χ0v) is 9.12. The van der Waals surface area contributed by atoms with Gasteiger partial charge in [-0.25, -0.2) is 0 Å². The van der Waals surface area contributed by atoms with E-state index in [9.17, 15) is 4.79 Å². The van der Waals surface area contributed by atoms with Gasteiger partial charge in [0.1, 0.15) is 0 Å². The number of hydrogen-bond donors (Lipinski definition) is 1. The second-order valence-electron chi connectivity index (χ2n) is 4.55. The third-order valence-electron chi connectivity index (χ3n) is 3.41. The van der Waals surface area contributed by atoms with Crippen molar-refractivity contribution in [1.29, 1.82) is 0 Å². The van der Waals surface area contributed by atoms with Crippen molar-refractivity contribution < 1.29 is 4.79 Å². The number of rotatable bonds is 3. The fourth-order valence-electron chi connectivity index (χ4n) is 2.32. The maximum atomic E-state index is 12.1. The Balaban J connectivity index is 1.97. The minimum Gasteiger partial charge on any atom is -0.339 e. The van der Waals surface area contributed by atoms with Gasteiger partial charge in [-0.05, 0) is 38.6 Å². The average molecular weight is 196 g/mol. The summed E-state index contributed by atoms with van der Waals surface area (Å²) >= 11 is 0. The molecule has 2 atom stereocenters. The maximum absolute atomic E-state index is 12.1. The van der Waals surface area contributed by atoms with Crippen molar-refractivity contribution in [3.63, 3.8) is 0 Å². The highest BCUT2D eigenvalue weighted by Gasteiger charge is 2.38. The molecule has 2 rings (SSSR count). The molecular weight excluding hydrogens is 176 g/mol.